The lowest BCUT2D eigenvalue weighted by atomic mass is 9.97. The van der Waals surface area contributed by atoms with E-state index in [4.69, 9.17) is 8.83 Å². The quantitative estimate of drug-likeness (QED) is 0.196. The Hall–Kier alpha value is -7.04. The molecule has 4 nitrogen and oxygen atoms in total. The Bertz CT molecular complexity index is 2960. The molecule has 0 saturated heterocycles. The number of furan rings is 2. The van der Waals surface area contributed by atoms with Crippen LogP contribution >= 0.6 is 0 Å². The molecule has 0 radical (unpaired) electrons. The number of hydrogen-bond donors (Lipinski definition) is 1. The van der Waals surface area contributed by atoms with Gasteiger partial charge < -0.3 is 19.1 Å². The second-order valence-corrected chi connectivity index (χ2v) is 13.8. The van der Waals surface area contributed by atoms with Gasteiger partial charge >= 0.3 is 0 Å². The number of fused-ring (bicyclic) bond motifs is 7. The Morgan fingerprint density at radius 1 is 0.377 bits per heavy atom. The van der Waals surface area contributed by atoms with Crippen LogP contribution in [0.4, 0.5) is 17.1 Å². The number of anilines is 3. The number of para-hydroxylation sites is 2. The molecule has 1 aliphatic rings. The lowest BCUT2D eigenvalue weighted by molar-refractivity contribution is 0.664. The van der Waals surface area contributed by atoms with E-state index in [1.54, 1.807) is 0 Å². The summed E-state index contributed by atoms with van der Waals surface area (Å²) >= 11 is 0. The SMILES string of the molecule is c1ccc(C2Nc3cc(-c4ccc(-c5ccc(-c6ccc7oc8cc9c(cc8c7c6)oc6ccccc69)cc5)cc4)ccc3N2c2ccccc2)cc1. The molecule has 0 fully saturated rings. The van der Waals surface area contributed by atoms with Gasteiger partial charge in [0.25, 0.3) is 0 Å². The molecule has 10 aromatic rings. The lowest BCUT2D eigenvalue weighted by Gasteiger charge is -2.27. The van der Waals surface area contributed by atoms with Crippen molar-refractivity contribution >= 4 is 60.9 Å². The first kappa shape index (κ1) is 29.7. The standard InChI is InChI=1S/C49H32N2O2/c1-3-9-35(10-4-1)49-50-43-28-37(23-25-44(43)51(49)38-11-5-2-6-12-38)34-21-17-32(18-22-34)31-15-19-33(20-16-31)36-24-26-46-40(27-36)42-30-47-41(29-48(42)53-46)39-13-7-8-14-45(39)52-47/h1-30,49-50H. The van der Waals surface area contributed by atoms with Crippen LogP contribution in [0.15, 0.2) is 191 Å². The van der Waals surface area contributed by atoms with Crippen LogP contribution in [0.25, 0.3) is 77.3 Å². The molecule has 4 heteroatoms. The summed E-state index contributed by atoms with van der Waals surface area (Å²) in [6, 6.07) is 64.5. The van der Waals surface area contributed by atoms with E-state index < -0.39 is 0 Å². The topological polar surface area (TPSA) is 41.6 Å². The van der Waals surface area contributed by atoms with Crippen molar-refractivity contribution in [2.75, 3.05) is 10.2 Å². The highest BCUT2D eigenvalue weighted by atomic mass is 16.3. The van der Waals surface area contributed by atoms with E-state index >= 15 is 0 Å². The van der Waals surface area contributed by atoms with Gasteiger partial charge in [0, 0.05) is 27.2 Å². The van der Waals surface area contributed by atoms with Gasteiger partial charge in [-0.15, -0.1) is 0 Å². The second kappa shape index (κ2) is 11.8. The van der Waals surface area contributed by atoms with Crippen molar-refractivity contribution in [1.82, 2.24) is 0 Å². The summed E-state index contributed by atoms with van der Waals surface area (Å²) in [6.45, 7) is 0. The van der Waals surface area contributed by atoms with Crippen LogP contribution in [0.3, 0.4) is 0 Å². The van der Waals surface area contributed by atoms with Gasteiger partial charge in [-0.1, -0.05) is 127 Å². The van der Waals surface area contributed by atoms with E-state index in [-0.39, 0.29) is 6.17 Å². The number of rotatable bonds is 5. The Morgan fingerprint density at radius 3 is 1.55 bits per heavy atom. The van der Waals surface area contributed by atoms with Crippen LogP contribution in [-0.4, -0.2) is 0 Å². The van der Waals surface area contributed by atoms with Crippen molar-refractivity contribution in [1.29, 1.82) is 0 Å². The normalized spacial score (nSPS) is 14.0. The monoisotopic (exact) mass is 680 g/mol. The van der Waals surface area contributed by atoms with Crippen molar-refractivity contribution in [3.63, 3.8) is 0 Å². The highest BCUT2D eigenvalue weighted by Gasteiger charge is 2.31. The van der Waals surface area contributed by atoms with Crippen LogP contribution in [-0.2, 0) is 0 Å². The van der Waals surface area contributed by atoms with Crippen LogP contribution in [0.2, 0.25) is 0 Å². The highest BCUT2D eigenvalue weighted by molar-refractivity contribution is 6.15. The van der Waals surface area contributed by atoms with Gasteiger partial charge in [-0.2, -0.15) is 0 Å². The fourth-order valence-corrected chi connectivity index (χ4v) is 8.02. The molecule has 0 spiro atoms. The van der Waals surface area contributed by atoms with Gasteiger partial charge in [0.05, 0.1) is 11.4 Å². The maximum atomic E-state index is 6.31. The summed E-state index contributed by atoms with van der Waals surface area (Å²) in [5, 5.41) is 8.14. The van der Waals surface area contributed by atoms with E-state index in [1.807, 2.05) is 18.2 Å². The molecule has 1 unspecified atom stereocenters. The first-order valence-corrected chi connectivity index (χ1v) is 18.0. The van der Waals surface area contributed by atoms with Gasteiger partial charge in [-0.25, -0.2) is 0 Å². The third-order valence-electron chi connectivity index (χ3n) is 10.7. The Labute approximate surface area is 306 Å². The molecule has 1 N–H and O–H groups in total. The van der Waals surface area contributed by atoms with Crippen molar-refractivity contribution in [2.45, 2.75) is 6.17 Å². The molecule has 1 aliphatic heterocycles. The second-order valence-electron chi connectivity index (χ2n) is 13.8. The van der Waals surface area contributed by atoms with E-state index in [0.717, 1.165) is 66.4 Å². The molecule has 0 aliphatic carbocycles. The van der Waals surface area contributed by atoms with Crippen molar-refractivity contribution in [3.8, 4) is 33.4 Å². The smallest absolute Gasteiger partial charge is 0.136 e. The van der Waals surface area contributed by atoms with Gasteiger partial charge in [0.15, 0.2) is 0 Å². The van der Waals surface area contributed by atoms with Crippen LogP contribution in [0, 0.1) is 0 Å². The van der Waals surface area contributed by atoms with E-state index in [0.29, 0.717) is 0 Å². The molecular weight excluding hydrogens is 649 g/mol. The van der Waals surface area contributed by atoms with Gasteiger partial charge in [-0.05, 0) is 93.5 Å². The fourth-order valence-electron chi connectivity index (χ4n) is 8.02. The van der Waals surface area contributed by atoms with Crippen LogP contribution in [0.5, 0.6) is 0 Å². The van der Waals surface area contributed by atoms with E-state index in [1.165, 1.54) is 33.5 Å². The van der Waals surface area contributed by atoms with Gasteiger partial charge in [-0.3, -0.25) is 0 Å². The molecule has 53 heavy (non-hydrogen) atoms. The van der Waals surface area contributed by atoms with Crippen molar-refractivity contribution in [3.05, 3.63) is 188 Å². The first-order valence-electron chi connectivity index (χ1n) is 18.0. The maximum Gasteiger partial charge on any atom is 0.136 e. The van der Waals surface area contributed by atoms with Crippen LogP contribution < -0.4 is 10.2 Å². The maximum absolute atomic E-state index is 6.31. The van der Waals surface area contributed by atoms with Gasteiger partial charge in [0.2, 0.25) is 0 Å². The molecule has 0 bridgehead atoms. The zero-order valence-electron chi connectivity index (χ0n) is 28.7. The Morgan fingerprint density at radius 2 is 0.868 bits per heavy atom. The fraction of sp³-hybridized carbons (Fsp3) is 0.0204. The molecule has 2 aromatic heterocycles. The summed E-state index contributed by atoms with van der Waals surface area (Å²) in [6.07, 6.45) is 0.0175. The number of hydrogen-bond acceptors (Lipinski definition) is 4. The highest BCUT2D eigenvalue weighted by Crippen LogP contribution is 2.47. The molecule has 11 rings (SSSR count). The third kappa shape index (κ3) is 4.91. The molecule has 3 heterocycles. The summed E-state index contributed by atoms with van der Waals surface area (Å²) < 4.78 is 12.5. The van der Waals surface area contributed by atoms with Crippen molar-refractivity contribution in [2.24, 2.45) is 0 Å². The molecular formula is C49H32N2O2. The number of nitrogens with one attached hydrogen (secondary N) is 1. The minimum Gasteiger partial charge on any atom is -0.456 e. The summed E-state index contributed by atoms with van der Waals surface area (Å²) in [5.41, 5.74) is 15.3. The number of nitrogens with zero attached hydrogens (tertiary/aromatic N) is 1. The summed E-state index contributed by atoms with van der Waals surface area (Å²) in [5.74, 6) is 0. The largest absolute Gasteiger partial charge is 0.456 e. The Balaban J connectivity index is 0.868. The van der Waals surface area contributed by atoms with Gasteiger partial charge in [0.1, 0.15) is 28.5 Å². The minimum absolute atomic E-state index is 0.0175. The minimum atomic E-state index is 0.0175. The average Bonchev–Trinajstić information content (AvgIpc) is 3.91. The molecule has 250 valence electrons. The van der Waals surface area contributed by atoms with Crippen molar-refractivity contribution < 1.29 is 8.83 Å². The Kier molecular flexibility index (Phi) is 6.58. The molecule has 0 amide bonds. The van der Waals surface area contributed by atoms with E-state index in [9.17, 15) is 0 Å². The zero-order chi connectivity index (χ0) is 34.9. The molecule has 0 saturated carbocycles. The zero-order valence-corrected chi connectivity index (χ0v) is 28.7. The average molecular weight is 681 g/mol. The third-order valence-corrected chi connectivity index (χ3v) is 10.7. The van der Waals surface area contributed by atoms with E-state index in [2.05, 4.69) is 174 Å². The summed E-state index contributed by atoms with van der Waals surface area (Å²) in [4.78, 5) is 2.39. The molecule has 8 aromatic carbocycles. The lowest BCUT2D eigenvalue weighted by Crippen LogP contribution is -2.23. The predicted octanol–water partition coefficient (Wildman–Crippen LogP) is 13.7. The first-order chi connectivity index (χ1) is 26.2. The predicted molar refractivity (Wildman–Crippen MR) is 219 cm³/mol. The molecule has 1 atom stereocenters. The number of benzene rings is 8. The summed E-state index contributed by atoms with van der Waals surface area (Å²) in [7, 11) is 0. The van der Waals surface area contributed by atoms with Crippen LogP contribution in [0.1, 0.15) is 11.7 Å².